The van der Waals surface area contributed by atoms with Crippen LogP contribution < -0.4 is 0 Å². The first-order valence-corrected chi connectivity index (χ1v) is 11.4. The summed E-state index contributed by atoms with van der Waals surface area (Å²) in [5.74, 6) is -1.85. The molecule has 0 fully saturated rings. The van der Waals surface area contributed by atoms with E-state index >= 15 is 0 Å². The number of hydrogen-bond donors (Lipinski definition) is 3. The highest BCUT2D eigenvalue weighted by Gasteiger charge is 2.30. The fraction of sp³-hybridized carbons (Fsp3) is 0. The predicted octanol–water partition coefficient (Wildman–Crippen LogP) is 1.40. The van der Waals surface area contributed by atoms with Crippen molar-refractivity contribution in [3.63, 3.8) is 0 Å². The minimum absolute atomic E-state index is 0.422. The van der Waals surface area contributed by atoms with E-state index in [1.54, 1.807) is 0 Å². The van der Waals surface area contributed by atoms with Crippen molar-refractivity contribution in [1.82, 2.24) is 0 Å². The average molecular weight is 490 g/mol. The summed E-state index contributed by atoms with van der Waals surface area (Å²) in [5.41, 5.74) is -0.999. The zero-order valence-electron chi connectivity index (χ0n) is 11.2. The first-order valence-electron chi connectivity index (χ1n) is 5.69. The lowest BCUT2D eigenvalue weighted by atomic mass is 10.0. The van der Waals surface area contributed by atoms with Crippen LogP contribution in [0.1, 0.15) is 10.4 Å². The Labute approximate surface area is 141 Å². The molecule has 0 aliphatic carbocycles. The zero-order valence-corrected chi connectivity index (χ0v) is 15.0. The Balaban J connectivity index is 3.31. The number of rotatable bonds is 4. The van der Waals surface area contributed by atoms with Crippen LogP contribution in [0.25, 0.3) is 10.8 Å². The van der Waals surface area contributed by atoms with Crippen LogP contribution >= 0.6 is 19.8 Å². The quantitative estimate of drug-likeness (QED) is 0.419. The molecule has 24 heavy (non-hydrogen) atoms. The third-order valence-electron chi connectivity index (χ3n) is 2.97. The summed E-state index contributed by atoms with van der Waals surface area (Å²) < 4.78 is 85.8. The van der Waals surface area contributed by atoms with Crippen molar-refractivity contribution >= 4 is 56.8 Å². The minimum Gasteiger partial charge on any atom is -0.478 e. The van der Waals surface area contributed by atoms with E-state index in [0.29, 0.717) is 6.07 Å². The summed E-state index contributed by atoms with van der Waals surface area (Å²) in [4.78, 5) is 9.34. The molecule has 0 saturated heterocycles. The van der Waals surface area contributed by atoms with Gasteiger partial charge in [-0.2, -0.15) is 16.8 Å². The second-order valence-electron chi connectivity index (χ2n) is 4.39. The van der Waals surface area contributed by atoms with Crippen LogP contribution in [0.5, 0.6) is 0 Å². The van der Waals surface area contributed by atoms with E-state index in [1.165, 1.54) is 0 Å². The normalized spacial score (nSPS) is 12.6. The number of hydrogen-bond acceptors (Lipinski definition) is 7. The number of carbonyl (C=O) groups is 1. The van der Waals surface area contributed by atoms with Gasteiger partial charge in [0.15, 0.2) is 0 Å². The maximum Gasteiger partial charge on any atom is 0.343 e. The molecule has 13 heteroatoms. The lowest BCUT2D eigenvalue weighted by molar-refractivity contribution is 0.0697. The highest BCUT2D eigenvalue weighted by Crippen LogP contribution is 2.37. The second kappa shape index (κ2) is 5.99. The predicted molar refractivity (Wildman–Crippen MR) is 84.6 cm³/mol. The molecule has 0 atom stereocenters. The molecule has 10 nitrogen and oxygen atoms in total. The third kappa shape index (κ3) is 3.25. The number of benzene rings is 2. The van der Waals surface area contributed by atoms with Crippen LogP contribution in [-0.4, -0.2) is 37.0 Å². The van der Waals surface area contributed by atoms with Crippen molar-refractivity contribution in [2.24, 2.45) is 0 Å². The van der Waals surface area contributed by atoms with Crippen LogP contribution in [0.2, 0.25) is 0 Å². The molecular weight excluding hydrogens is 483 g/mol. The van der Waals surface area contributed by atoms with Crippen LogP contribution in [-0.2, 0) is 26.4 Å². The number of fused-ring (bicyclic) bond motifs is 1. The standard InChI is InChI=1S/C11H7IO10S2/c13-11(14)9-5-2-1-3-7(23(17,18)19)6(5)4-8(24(20,21)22)10(9)12(15)16/h1-4H,(H,13,14)(H,17,18,19)(H,20,21,22). The van der Waals surface area contributed by atoms with E-state index in [9.17, 15) is 42.0 Å². The van der Waals surface area contributed by atoms with Crippen molar-refractivity contribution in [3.8, 4) is 0 Å². The third-order valence-corrected chi connectivity index (χ3v) is 7.13. The Hall–Kier alpha value is -1.68. The van der Waals surface area contributed by atoms with Gasteiger partial charge < -0.3 is 5.11 Å². The molecule has 0 heterocycles. The highest BCUT2D eigenvalue weighted by atomic mass is 127. The van der Waals surface area contributed by atoms with Crippen molar-refractivity contribution in [1.29, 1.82) is 0 Å². The van der Waals surface area contributed by atoms with Crippen LogP contribution in [0.4, 0.5) is 0 Å². The number of carboxylic acids is 1. The first-order chi connectivity index (χ1) is 10.9. The summed E-state index contributed by atoms with van der Waals surface area (Å²) in [6.45, 7) is 0. The lowest BCUT2D eigenvalue weighted by Crippen LogP contribution is -2.10. The SMILES string of the molecule is O=C(O)c1c(I(=O)=O)c(S(=O)(=O)O)cc2c(S(=O)(=O)O)cccc12. The molecule has 0 unspecified atom stereocenters. The molecule has 0 amide bonds. The second-order valence-corrected chi connectivity index (χ2v) is 9.49. The van der Waals surface area contributed by atoms with Gasteiger partial charge in [-0.25, -0.2) is 10.9 Å². The molecule has 0 spiro atoms. The smallest absolute Gasteiger partial charge is 0.343 e. The van der Waals surface area contributed by atoms with E-state index in [1.807, 2.05) is 0 Å². The largest absolute Gasteiger partial charge is 0.478 e. The Morgan fingerprint density at radius 1 is 0.917 bits per heavy atom. The average Bonchev–Trinajstić information content (AvgIpc) is 2.41. The van der Waals surface area contributed by atoms with E-state index in [-0.39, 0.29) is 0 Å². The maximum absolute atomic E-state index is 11.4. The zero-order chi connectivity index (χ0) is 18.4. The molecule has 0 aliphatic rings. The number of halogens is 1. The van der Waals surface area contributed by atoms with Crippen molar-refractivity contribution < 1.29 is 42.0 Å². The van der Waals surface area contributed by atoms with Gasteiger partial charge >= 0.3 is 25.8 Å². The van der Waals surface area contributed by atoms with E-state index in [4.69, 9.17) is 0 Å². The summed E-state index contributed by atoms with van der Waals surface area (Å²) in [6.07, 6.45) is 0. The summed E-state index contributed by atoms with van der Waals surface area (Å²) in [7, 11) is -10.1. The summed E-state index contributed by atoms with van der Waals surface area (Å²) >= 11 is -4.75. The van der Waals surface area contributed by atoms with Gasteiger partial charge in [-0.15, -0.1) is 0 Å². The molecule has 130 valence electrons. The number of carboxylic acid groups (broad SMARTS) is 1. The molecule has 0 saturated carbocycles. The van der Waals surface area contributed by atoms with E-state index < -0.39 is 75.7 Å². The fourth-order valence-corrected chi connectivity index (χ4v) is 6.22. The van der Waals surface area contributed by atoms with Gasteiger partial charge in [0.1, 0.15) is 13.4 Å². The van der Waals surface area contributed by atoms with Crippen molar-refractivity contribution in [3.05, 3.63) is 33.4 Å². The summed E-state index contributed by atoms with van der Waals surface area (Å²) in [5, 5.41) is 8.27. The summed E-state index contributed by atoms with van der Waals surface area (Å²) in [6, 6.07) is 3.45. The molecule has 2 aromatic carbocycles. The molecule has 0 aromatic heterocycles. The van der Waals surface area contributed by atoms with Crippen LogP contribution in [0.3, 0.4) is 0 Å². The molecule has 3 N–H and O–H groups in total. The van der Waals surface area contributed by atoms with Crippen LogP contribution in [0, 0.1) is 3.57 Å². The Morgan fingerprint density at radius 2 is 1.46 bits per heavy atom. The molecule has 0 radical (unpaired) electrons. The lowest BCUT2D eigenvalue weighted by Gasteiger charge is -2.11. The van der Waals surface area contributed by atoms with Gasteiger partial charge in [0.25, 0.3) is 20.2 Å². The monoisotopic (exact) mass is 490 g/mol. The van der Waals surface area contributed by atoms with E-state index in [2.05, 4.69) is 0 Å². The van der Waals surface area contributed by atoms with Gasteiger partial charge in [0, 0.05) is 5.39 Å². The van der Waals surface area contributed by atoms with Gasteiger partial charge in [-0.1, -0.05) is 12.1 Å². The molecule has 0 bridgehead atoms. The molecule has 2 rings (SSSR count). The Kier molecular flexibility index (Phi) is 4.66. The fourth-order valence-electron chi connectivity index (χ4n) is 2.12. The van der Waals surface area contributed by atoms with Gasteiger partial charge in [-0.05, 0) is 17.5 Å². The Morgan fingerprint density at radius 3 is 1.88 bits per heavy atom. The highest BCUT2D eigenvalue weighted by molar-refractivity contribution is 14.2. The first kappa shape index (κ1) is 18.7. The van der Waals surface area contributed by atoms with Crippen molar-refractivity contribution in [2.45, 2.75) is 9.79 Å². The van der Waals surface area contributed by atoms with E-state index in [0.717, 1.165) is 18.2 Å². The topological polar surface area (TPSA) is 180 Å². The number of aromatic carboxylic acids is 1. The van der Waals surface area contributed by atoms with Gasteiger partial charge in [-0.3, -0.25) is 9.11 Å². The molecular formula is C11H7IO10S2. The van der Waals surface area contributed by atoms with Crippen LogP contribution in [0.15, 0.2) is 34.1 Å². The maximum atomic E-state index is 11.4. The molecule has 0 aliphatic heterocycles. The minimum atomic E-state index is -5.19. The molecule has 2 aromatic rings. The van der Waals surface area contributed by atoms with Gasteiger partial charge in [0.05, 0.1) is 5.56 Å². The Bertz CT molecular complexity index is 1150. The van der Waals surface area contributed by atoms with Gasteiger partial charge in [0.2, 0.25) is 0 Å². The van der Waals surface area contributed by atoms with Crippen molar-refractivity contribution in [2.75, 3.05) is 0 Å².